The van der Waals surface area contributed by atoms with Crippen LogP contribution < -0.4 is 0 Å². The van der Waals surface area contributed by atoms with Gasteiger partial charge in [0.15, 0.2) is 0 Å². The van der Waals surface area contributed by atoms with Crippen molar-refractivity contribution in [2.24, 2.45) is 0 Å². The van der Waals surface area contributed by atoms with Gasteiger partial charge in [0.1, 0.15) is 0 Å². The van der Waals surface area contributed by atoms with Crippen molar-refractivity contribution < 1.29 is 0 Å². The molecule has 2 heterocycles. The molecule has 2 aromatic heterocycles. The molecule has 0 atom stereocenters. The van der Waals surface area contributed by atoms with Crippen LogP contribution in [0, 0.1) is 0 Å². The molecule has 2 aromatic carbocycles. The molecule has 0 aliphatic heterocycles. The fraction of sp³-hybridized carbons (Fsp3) is 0.182. The molecule has 4 nitrogen and oxygen atoms in total. The van der Waals surface area contributed by atoms with Crippen molar-refractivity contribution in [3.63, 3.8) is 0 Å². The maximum absolute atomic E-state index is 4.84. The van der Waals surface area contributed by atoms with Gasteiger partial charge >= 0.3 is 0 Å². The third-order valence-electron chi connectivity index (χ3n) is 4.81. The first-order valence-corrected chi connectivity index (χ1v) is 8.81. The van der Waals surface area contributed by atoms with Gasteiger partial charge < -0.3 is 0 Å². The lowest BCUT2D eigenvalue weighted by atomic mass is 9.81. The first-order valence-electron chi connectivity index (χ1n) is 8.81. The van der Waals surface area contributed by atoms with E-state index in [4.69, 9.17) is 5.10 Å². The second kappa shape index (κ2) is 6.64. The second-order valence-electron chi connectivity index (χ2n) is 7.01. The molecule has 0 amide bonds. The van der Waals surface area contributed by atoms with Crippen molar-refractivity contribution in [1.82, 2.24) is 19.6 Å². The number of hydrogen-bond acceptors (Lipinski definition) is 2. The molecule has 4 rings (SSSR count). The van der Waals surface area contributed by atoms with Crippen LogP contribution in [0.3, 0.4) is 0 Å². The zero-order valence-corrected chi connectivity index (χ0v) is 15.1. The van der Waals surface area contributed by atoms with Crippen molar-refractivity contribution in [3.05, 3.63) is 102 Å². The zero-order valence-electron chi connectivity index (χ0n) is 15.1. The normalized spacial score (nSPS) is 11.6. The van der Waals surface area contributed by atoms with Gasteiger partial charge in [-0.3, -0.25) is 4.68 Å². The summed E-state index contributed by atoms with van der Waals surface area (Å²) in [5.74, 6) is 0. The lowest BCUT2D eigenvalue weighted by Crippen LogP contribution is -2.20. The minimum Gasteiger partial charge on any atom is -0.268 e. The predicted octanol–water partition coefficient (Wildman–Crippen LogP) is 4.44. The molecule has 0 spiro atoms. The number of benzene rings is 2. The number of hydrogen-bond donors (Lipinski definition) is 0. The molecule has 0 N–H and O–H groups in total. The van der Waals surface area contributed by atoms with Gasteiger partial charge in [-0.05, 0) is 35.4 Å². The van der Waals surface area contributed by atoms with Crippen LogP contribution >= 0.6 is 0 Å². The molecule has 4 heteroatoms. The van der Waals surface area contributed by atoms with Gasteiger partial charge in [-0.25, -0.2) is 4.68 Å². The monoisotopic (exact) mass is 342 g/mol. The van der Waals surface area contributed by atoms with E-state index in [1.165, 1.54) is 11.1 Å². The second-order valence-corrected chi connectivity index (χ2v) is 7.01. The summed E-state index contributed by atoms with van der Waals surface area (Å²) in [6.07, 6.45) is 5.81. The summed E-state index contributed by atoms with van der Waals surface area (Å²) < 4.78 is 3.89. The Labute approximate surface area is 153 Å². The van der Waals surface area contributed by atoms with Crippen LogP contribution in [0.4, 0.5) is 0 Å². The Hall–Kier alpha value is -3.14. The van der Waals surface area contributed by atoms with Crippen LogP contribution in [0.2, 0.25) is 0 Å². The molecule has 130 valence electrons. The van der Waals surface area contributed by atoms with E-state index in [2.05, 4.69) is 79.7 Å². The Morgan fingerprint density at radius 3 is 2.50 bits per heavy atom. The van der Waals surface area contributed by atoms with Crippen molar-refractivity contribution in [2.45, 2.75) is 25.8 Å². The van der Waals surface area contributed by atoms with Gasteiger partial charge in [0.25, 0.3) is 0 Å². The van der Waals surface area contributed by atoms with Gasteiger partial charge in [-0.15, -0.1) is 0 Å². The van der Waals surface area contributed by atoms with E-state index in [-0.39, 0.29) is 5.41 Å². The molecule has 0 fully saturated rings. The van der Waals surface area contributed by atoms with Crippen LogP contribution in [-0.4, -0.2) is 19.6 Å². The fourth-order valence-corrected chi connectivity index (χ4v) is 3.16. The molecule has 0 saturated heterocycles. The summed E-state index contributed by atoms with van der Waals surface area (Å²) in [6.45, 7) is 5.21. The van der Waals surface area contributed by atoms with Crippen molar-refractivity contribution >= 4 is 0 Å². The van der Waals surface area contributed by atoms with Crippen LogP contribution in [0.5, 0.6) is 0 Å². The van der Waals surface area contributed by atoms with Crippen LogP contribution in [-0.2, 0) is 12.0 Å². The van der Waals surface area contributed by atoms with Crippen LogP contribution in [0.25, 0.3) is 5.69 Å². The van der Waals surface area contributed by atoms with E-state index in [1.54, 1.807) is 6.20 Å². The average Bonchev–Trinajstić information content (AvgIpc) is 3.35. The molecule has 26 heavy (non-hydrogen) atoms. The maximum atomic E-state index is 4.84. The minimum atomic E-state index is -0.189. The fourth-order valence-electron chi connectivity index (χ4n) is 3.16. The van der Waals surface area contributed by atoms with Crippen molar-refractivity contribution in [3.8, 4) is 5.69 Å². The number of aromatic nitrogens is 4. The minimum absolute atomic E-state index is 0.189. The van der Waals surface area contributed by atoms with E-state index in [0.717, 1.165) is 17.9 Å². The van der Waals surface area contributed by atoms with Crippen molar-refractivity contribution in [1.29, 1.82) is 0 Å². The van der Waals surface area contributed by atoms with Gasteiger partial charge in [0.2, 0.25) is 0 Å². The highest BCUT2D eigenvalue weighted by molar-refractivity contribution is 5.41. The topological polar surface area (TPSA) is 35.6 Å². The summed E-state index contributed by atoms with van der Waals surface area (Å²) in [7, 11) is 0. The molecule has 0 aliphatic rings. The first kappa shape index (κ1) is 16.3. The summed E-state index contributed by atoms with van der Waals surface area (Å²) in [5, 5.41) is 9.17. The Morgan fingerprint density at radius 1 is 0.885 bits per heavy atom. The predicted molar refractivity (Wildman–Crippen MR) is 103 cm³/mol. The van der Waals surface area contributed by atoms with E-state index >= 15 is 0 Å². The van der Waals surface area contributed by atoms with E-state index in [1.807, 2.05) is 27.7 Å². The van der Waals surface area contributed by atoms with Crippen LogP contribution in [0.15, 0.2) is 85.3 Å². The molecule has 0 unspecified atom stereocenters. The quantitative estimate of drug-likeness (QED) is 0.537. The Morgan fingerprint density at radius 2 is 1.73 bits per heavy atom. The van der Waals surface area contributed by atoms with Crippen LogP contribution in [0.1, 0.15) is 30.7 Å². The lowest BCUT2D eigenvalue weighted by molar-refractivity contribution is 0.580. The average molecular weight is 342 g/mol. The van der Waals surface area contributed by atoms with E-state index < -0.39 is 0 Å². The number of rotatable bonds is 5. The third-order valence-corrected chi connectivity index (χ3v) is 4.81. The molecule has 0 aliphatic carbocycles. The SMILES string of the molecule is CC(C)(c1cccc(-n2cccn2)c1)c1ccn(Cc2ccccc2)n1. The largest absolute Gasteiger partial charge is 0.268 e. The Bertz CT molecular complexity index is 982. The highest BCUT2D eigenvalue weighted by Crippen LogP contribution is 2.31. The van der Waals surface area contributed by atoms with E-state index in [9.17, 15) is 0 Å². The van der Waals surface area contributed by atoms with E-state index in [0.29, 0.717) is 0 Å². The Balaban J connectivity index is 1.62. The number of nitrogens with zero attached hydrogens (tertiary/aromatic N) is 4. The smallest absolute Gasteiger partial charge is 0.0724 e. The molecule has 4 aromatic rings. The molecular weight excluding hydrogens is 320 g/mol. The highest BCUT2D eigenvalue weighted by Gasteiger charge is 2.26. The summed E-state index contributed by atoms with van der Waals surface area (Å²) >= 11 is 0. The Kier molecular flexibility index (Phi) is 4.17. The highest BCUT2D eigenvalue weighted by atomic mass is 15.3. The van der Waals surface area contributed by atoms with Gasteiger partial charge in [-0.1, -0.05) is 56.3 Å². The molecule has 0 saturated carbocycles. The van der Waals surface area contributed by atoms with Gasteiger partial charge in [-0.2, -0.15) is 10.2 Å². The lowest BCUT2D eigenvalue weighted by Gasteiger charge is -2.23. The van der Waals surface area contributed by atoms with Gasteiger partial charge in [0, 0.05) is 24.0 Å². The van der Waals surface area contributed by atoms with Crippen molar-refractivity contribution in [2.75, 3.05) is 0 Å². The third kappa shape index (κ3) is 3.18. The molecule has 0 bridgehead atoms. The first-order chi connectivity index (χ1) is 12.6. The standard InChI is InChI=1S/C22H22N4/c1-22(2,19-10-6-11-20(16-19)26-14-7-13-23-26)21-12-15-25(24-21)17-18-8-4-3-5-9-18/h3-16H,17H2,1-2H3. The molecular formula is C22H22N4. The summed E-state index contributed by atoms with van der Waals surface area (Å²) in [4.78, 5) is 0. The summed E-state index contributed by atoms with van der Waals surface area (Å²) in [5.41, 5.74) is 4.40. The zero-order chi connectivity index (χ0) is 18.0. The maximum Gasteiger partial charge on any atom is 0.0724 e. The van der Waals surface area contributed by atoms with Gasteiger partial charge in [0.05, 0.1) is 17.9 Å². The summed E-state index contributed by atoms with van der Waals surface area (Å²) in [6, 6.07) is 22.9. The molecule has 0 radical (unpaired) electrons.